The summed E-state index contributed by atoms with van der Waals surface area (Å²) in [7, 11) is 0. The zero-order valence-corrected chi connectivity index (χ0v) is 11.3. The molecule has 2 rings (SSSR count). The Labute approximate surface area is 116 Å². The van der Waals surface area contributed by atoms with Gasteiger partial charge in [0, 0.05) is 35.8 Å². The quantitative estimate of drug-likeness (QED) is 0.644. The first kappa shape index (κ1) is 14.2. The van der Waals surface area contributed by atoms with Crippen molar-refractivity contribution in [3.63, 3.8) is 0 Å². The van der Waals surface area contributed by atoms with Gasteiger partial charge in [0.05, 0.1) is 11.5 Å². The summed E-state index contributed by atoms with van der Waals surface area (Å²) >= 11 is 5.92. The summed E-state index contributed by atoms with van der Waals surface area (Å²) in [5.41, 5.74) is 0.699. The highest BCUT2D eigenvalue weighted by atomic mass is 35.5. The van der Waals surface area contributed by atoms with Gasteiger partial charge < -0.3 is 5.11 Å². The van der Waals surface area contributed by atoms with E-state index in [-0.39, 0.29) is 17.2 Å². The number of hydrogen-bond donors (Lipinski definition) is 1. The zero-order chi connectivity index (χ0) is 13.8. The molecule has 0 aliphatic heterocycles. The molecule has 1 aromatic rings. The van der Waals surface area contributed by atoms with Crippen molar-refractivity contribution in [2.24, 2.45) is 0 Å². The second-order valence-corrected chi connectivity index (χ2v) is 5.25. The summed E-state index contributed by atoms with van der Waals surface area (Å²) in [6, 6.07) is 5.03. The predicted octanol–water partition coefficient (Wildman–Crippen LogP) is 2.60. The van der Waals surface area contributed by atoms with Crippen LogP contribution in [0, 0.1) is 10.1 Å². The number of nitro benzene ring substituents is 1. The highest BCUT2D eigenvalue weighted by Crippen LogP contribution is 2.29. The topological polar surface area (TPSA) is 66.6 Å². The van der Waals surface area contributed by atoms with E-state index < -0.39 is 0 Å². The van der Waals surface area contributed by atoms with Crippen LogP contribution in [0.25, 0.3) is 0 Å². The van der Waals surface area contributed by atoms with Crippen LogP contribution in [0.3, 0.4) is 0 Å². The standard InChI is InChI=1S/C13H17ClN2O3/c14-11-4-5-13(16(18)19)10(8-11)9-15(6-7-17)12-2-1-3-12/h4-5,8,12,17H,1-3,6-7,9H2. The average Bonchev–Trinajstić information content (AvgIpc) is 2.26. The van der Waals surface area contributed by atoms with Crippen LogP contribution < -0.4 is 0 Å². The van der Waals surface area contributed by atoms with Gasteiger partial charge in [-0.3, -0.25) is 15.0 Å². The first-order chi connectivity index (χ1) is 9.11. The van der Waals surface area contributed by atoms with Gasteiger partial charge in [-0.2, -0.15) is 0 Å². The molecule has 1 aromatic carbocycles. The minimum absolute atomic E-state index is 0.0604. The number of aliphatic hydroxyl groups is 1. The summed E-state index contributed by atoms with van der Waals surface area (Å²) in [5.74, 6) is 0. The predicted molar refractivity (Wildman–Crippen MR) is 73.2 cm³/mol. The van der Waals surface area contributed by atoms with E-state index in [1.165, 1.54) is 18.6 Å². The van der Waals surface area contributed by atoms with Crippen molar-refractivity contribution >= 4 is 17.3 Å². The Hall–Kier alpha value is -1.17. The minimum atomic E-state index is -0.385. The van der Waals surface area contributed by atoms with E-state index in [2.05, 4.69) is 4.90 Å². The third-order valence-electron chi connectivity index (χ3n) is 3.59. The maximum Gasteiger partial charge on any atom is 0.273 e. The molecule has 0 bridgehead atoms. The van der Waals surface area contributed by atoms with Gasteiger partial charge in [-0.25, -0.2) is 0 Å². The molecule has 1 aliphatic carbocycles. The first-order valence-corrected chi connectivity index (χ1v) is 6.77. The van der Waals surface area contributed by atoms with Crippen molar-refractivity contribution in [1.29, 1.82) is 0 Å². The summed E-state index contributed by atoms with van der Waals surface area (Å²) in [5, 5.41) is 20.6. The Kier molecular flexibility index (Phi) is 4.74. The third-order valence-corrected chi connectivity index (χ3v) is 3.83. The molecule has 0 atom stereocenters. The van der Waals surface area contributed by atoms with Crippen molar-refractivity contribution in [3.8, 4) is 0 Å². The Balaban J connectivity index is 2.19. The molecule has 0 spiro atoms. The van der Waals surface area contributed by atoms with Gasteiger partial charge in [0.25, 0.3) is 5.69 Å². The fourth-order valence-corrected chi connectivity index (χ4v) is 2.54. The number of nitro groups is 1. The lowest BCUT2D eigenvalue weighted by molar-refractivity contribution is -0.385. The van der Waals surface area contributed by atoms with Crippen LogP contribution in [-0.2, 0) is 6.54 Å². The van der Waals surface area contributed by atoms with Gasteiger partial charge in [-0.15, -0.1) is 0 Å². The van der Waals surface area contributed by atoms with Crippen LogP contribution in [0.5, 0.6) is 0 Å². The molecule has 1 fully saturated rings. The normalized spacial score (nSPS) is 15.5. The van der Waals surface area contributed by atoms with Crippen LogP contribution in [0.4, 0.5) is 5.69 Å². The van der Waals surface area contributed by atoms with E-state index in [1.54, 1.807) is 6.07 Å². The molecule has 0 amide bonds. The maximum atomic E-state index is 11.0. The Morgan fingerprint density at radius 1 is 1.47 bits per heavy atom. The number of halogens is 1. The second-order valence-electron chi connectivity index (χ2n) is 4.81. The van der Waals surface area contributed by atoms with E-state index >= 15 is 0 Å². The van der Waals surface area contributed by atoms with E-state index in [9.17, 15) is 10.1 Å². The Morgan fingerprint density at radius 3 is 2.74 bits per heavy atom. The lowest BCUT2D eigenvalue weighted by atomic mass is 9.91. The van der Waals surface area contributed by atoms with Crippen LogP contribution >= 0.6 is 11.6 Å². The zero-order valence-electron chi connectivity index (χ0n) is 10.6. The summed E-state index contributed by atoms with van der Waals surface area (Å²) in [4.78, 5) is 12.7. The van der Waals surface area contributed by atoms with Gasteiger partial charge in [0.2, 0.25) is 0 Å². The molecular formula is C13H17ClN2O3. The second kappa shape index (κ2) is 6.32. The number of aliphatic hydroxyl groups excluding tert-OH is 1. The minimum Gasteiger partial charge on any atom is -0.395 e. The summed E-state index contributed by atoms with van der Waals surface area (Å²) in [6.07, 6.45) is 3.37. The van der Waals surface area contributed by atoms with Gasteiger partial charge >= 0.3 is 0 Å². The smallest absolute Gasteiger partial charge is 0.273 e. The van der Waals surface area contributed by atoms with E-state index in [0.717, 1.165) is 12.8 Å². The molecule has 104 valence electrons. The maximum absolute atomic E-state index is 11.0. The monoisotopic (exact) mass is 284 g/mol. The number of hydrogen-bond acceptors (Lipinski definition) is 4. The molecular weight excluding hydrogens is 268 g/mol. The van der Waals surface area contributed by atoms with Crippen molar-refractivity contribution in [3.05, 3.63) is 38.9 Å². The fraction of sp³-hybridized carbons (Fsp3) is 0.538. The van der Waals surface area contributed by atoms with Crippen molar-refractivity contribution in [1.82, 2.24) is 4.90 Å². The van der Waals surface area contributed by atoms with Crippen LogP contribution in [0.2, 0.25) is 5.02 Å². The van der Waals surface area contributed by atoms with Crippen LogP contribution in [0.15, 0.2) is 18.2 Å². The Morgan fingerprint density at radius 2 is 2.21 bits per heavy atom. The molecule has 6 heteroatoms. The molecule has 0 radical (unpaired) electrons. The molecule has 1 aliphatic rings. The van der Waals surface area contributed by atoms with Crippen molar-refractivity contribution in [2.75, 3.05) is 13.2 Å². The molecule has 1 saturated carbocycles. The van der Waals surface area contributed by atoms with Crippen molar-refractivity contribution < 1.29 is 10.0 Å². The molecule has 0 saturated heterocycles. The first-order valence-electron chi connectivity index (χ1n) is 6.39. The highest BCUT2D eigenvalue weighted by molar-refractivity contribution is 6.30. The summed E-state index contributed by atoms with van der Waals surface area (Å²) < 4.78 is 0. The molecule has 19 heavy (non-hydrogen) atoms. The SMILES string of the molecule is O=[N+]([O-])c1ccc(Cl)cc1CN(CCO)C1CCC1. The molecule has 0 aromatic heterocycles. The van der Waals surface area contributed by atoms with Gasteiger partial charge in [0.15, 0.2) is 0 Å². The molecule has 0 unspecified atom stereocenters. The van der Waals surface area contributed by atoms with Crippen LogP contribution in [0.1, 0.15) is 24.8 Å². The van der Waals surface area contributed by atoms with E-state index in [1.807, 2.05) is 0 Å². The third kappa shape index (κ3) is 3.43. The Bertz CT molecular complexity index is 463. The fourth-order valence-electron chi connectivity index (χ4n) is 2.35. The summed E-state index contributed by atoms with van der Waals surface area (Å²) in [6.45, 7) is 1.06. The molecule has 5 nitrogen and oxygen atoms in total. The average molecular weight is 285 g/mol. The van der Waals surface area contributed by atoms with Crippen LogP contribution in [-0.4, -0.2) is 34.1 Å². The molecule has 1 N–H and O–H groups in total. The van der Waals surface area contributed by atoms with E-state index in [0.29, 0.717) is 29.7 Å². The molecule has 0 heterocycles. The van der Waals surface area contributed by atoms with E-state index in [4.69, 9.17) is 16.7 Å². The van der Waals surface area contributed by atoms with Gasteiger partial charge in [0.1, 0.15) is 0 Å². The largest absolute Gasteiger partial charge is 0.395 e. The highest BCUT2D eigenvalue weighted by Gasteiger charge is 2.26. The van der Waals surface area contributed by atoms with Gasteiger partial charge in [-0.05, 0) is 25.0 Å². The number of nitrogens with zero attached hydrogens (tertiary/aromatic N) is 2. The van der Waals surface area contributed by atoms with Gasteiger partial charge in [-0.1, -0.05) is 18.0 Å². The number of rotatable bonds is 6. The lowest BCUT2D eigenvalue weighted by Crippen LogP contribution is -2.41. The van der Waals surface area contributed by atoms with Crippen molar-refractivity contribution in [2.45, 2.75) is 31.8 Å². The lowest BCUT2D eigenvalue weighted by Gasteiger charge is -2.37. The number of benzene rings is 1.